The molecular weight excluding hydrogens is 244 g/mol. The van der Waals surface area contributed by atoms with E-state index < -0.39 is 6.09 Å². The molecule has 0 saturated carbocycles. The van der Waals surface area contributed by atoms with E-state index in [1.54, 1.807) is 13.0 Å². The van der Waals surface area contributed by atoms with E-state index >= 15 is 0 Å². The minimum Gasteiger partial charge on any atom is -0.450 e. The van der Waals surface area contributed by atoms with Crippen LogP contribution < -0.4 is 10.6 Å². The lowest BCUT2D eigenvalue weighted by molar-refractivity contribution is 0.0952. The highest BCUT2D eigenvalue weighted by Crippen LogP contribution is 2.09. The van der Waals surface area contributed by atoms with Crippen molar-refractivity contribution >= 4 is 12.0 Å². The van der Waals surface area contributed by atoms with E-state index in [1.165, 1.54) is 0 Å². The van der Waals surface area contributed by atoms with Gasteiger partial charge in [0.05, 0.1) is 6.61 Å². The number of nitrogens with one attached hydrogen (secondary N) is 2. The standard InChI is InChI=1S/C14H20N2O3/c1-4-19-14(18)16-8-7-15-13(17)12-6-5-10(2)11(3)9-12/h5-6,9H,4,7-8H2,1-3H3,(H,15,17)(H,16,18). The Morgan fingerprint density at radius 2 is 1.79 bits per heavy atom. The molecule has 0 heterocycles. The highest BCUT2D eigenvalue weighted by atomic mass is 16.5. The quantitative estimate of drug-likeness (QED) is 0.797. The SMILES string of the molecule is CCOC(=O)NCCNC(=O)c1ccc(C)c(C)c1. The van der Waals surface area contributed by atoms with Gasteiger partial charge in [-0.15, -0.1) is 0 Å². The first-order valence-corrected chi connectivity index (χ1v) is 6.30. The van der Waals surface area contributed by atoms with Crippen molar-refractivity contribution in [1.29, 1.82) is 0 Å². The third-order valence-electron chi connectivity index (χ3n) is 2.72. The Labute approximate surface area is 113 Å². The Morgan fingerprint density at radius 1 is 1.11 bits per heavy atom. The van der Waals surface area contributed by atoms with Crippen LogP contribution in [0, 0.1) is 13.8 Å². The van der Waals surface area contributed by atoms with Crippen LogP contribution in [0.2, 0.25) is 0 Å². The lowest BCUT2D eigenvalue weighted by Gasteiger charge is -2.08. The molecule has 0 aliphatic heterocycles. The van der Waals surface area contributed by atoms with Crippen LogP contribution in [-0.4, -0.2) is 31.7 Å². The fourth-order valence-corrected chi connectivity index (χ4v) is 1.51. The molecule has 104 valence electrons. The van der Waals surface area contributed by atoms with Crippen LogP contribution in [0.3, 0.4) is 0 Å². The first-order chi connectivity index (χ1) is 9.04. The maximum absolute atomic E-state index is 11.8. The molecule has 2 N–H and O–H groups in total. The highest BCUT2D eigenvalue weighted by Gasteiger charge is 2.06. The molecule has 0 aliphatic carbocycles. The van der Waals surface area contributed by atoms with Gasteiger partial charge in [-0.3, -0.25) is 4.79 Å². The average Bonchev–Trinajstić information content (AvgIpc) is 2.38. The second-order valence-electron chi connectivity index (χ2n) is 4.20. The Balaban J connectivity index is 2.35. The molecule has 0 unspecified atom stereocenters. The average molecular weight is 264 g/mol. The van der Waals surface area contributed by atoms with Gasteiger partial charge < -0.3 is 15.4 Å². The molecule has 5 nitrogen and oxygen atoms in total. The van der Waals surface area contributed by atoms with E-state index in [1.807, 2.05) is 26.0 Å². The lowest BCUT2D eigenvalue weighted by Crippen LogP contribution is -2.35. The van der Waals surface area contributed by atoms with Crippen molar-refractivity contribution in [2.45, 2.75) is 20.8 Å². The number of carbonyl (C=O) groups excluding carboxylic acids is 2. The number of benzene rings is 1. The Kier molecular flexibility index (Phi) is 5.85. The summed E-state index contributed by atoms with van der Waals surface area (Å²) < 4.78 is 4.70. The Morgan fingerprint density at radius 3 is 2.42 bits per heavy atom. The van der Waals surface area contributed by atoms with Crippen molar-refractivity contribution in [1.82, 2.24) is 10.6 Å². The molecular formula is C14H20N2O3. The number of hydrogen-bond acceptors (Lipinski definition) is 3. The van der Waals surface area contributed by atoms with E-state index in [0.29, 0.717) is 25.3 Å². The first-order valence-electron chi connectivity index (χ1n) is 6.30. The summed E-state index contributed by atoms with van der Waals surface area (Å²) in [6.07, 6.45) is -0.470. The summed E-state index contributed by atoms with van der Waals surface area (Å²) in [7, 11) is 0. The van der Waals surface area contributed by atoms with Gasteiger partial charge in [-0.05, 0) is 44.0 Å². The lowest BCUT2D eigenvalue weighted by atomic mass is 10.1. The van der Waals surface area contributed by atoms with Gasteiger partial charge in [-0.1, -0.05) is 6.07 Å². The molecule has 2 amide bonds. The zero-order valence-electron chi connectivity index (χ0n) is 11.6. The van der Waals surface area contributed by atoms with Crippen LogP contribution in [0.5, 0.6) is 0 Å². The maximum atomic E-state index is 11.8. The Hall–Kier alpha value is -2.04. The predicted molar refractivity (Wildman–Crippen MR) is 73.3 cm³/mol. The van der Waals surface area contributed by atoms with Crippen LogP contribution in [0.25, 0.3) is 0 Å². The van der Waals surface area contributed by atoms with E-state index in [-0.39, 0.29) is 5.91 Å². The topological polar surface area (TPSA) is 67.4 Å². The molecule has 5 heteroatoms. The number of ether oxygens (including phenoxy) is 1. The molecule has 0 spiro atoms. The predicted octanol–water partition coefficient (Wildman–Crippen LogP) is 1.78. The second-order valence-corrected chi connectivity index (χ2v) is 4.20. The summed E-state index contributed by atoms with van der Waals surface area (Å²) in [5, 5.41) is 5.27. The van der Waals surface area contributed by atoms with Crippen LogP contribution in [-0.2, 0) is 4.74 Å². The number of hydrogen-bond donors (Lipinski definition) is 2. The van der Waals surface area contributed by atoms with Crippen LogP contribution in [0.4, 0.5) is 4.79 Å². The zero-order chi connectivity index (χ0) is 14.3. The highest BCUT2D eigenvalue weighted by molar-refractivity contribution is 5.94. The zero-order valence-corrected chi connectivity index (χ0v) is 11.6. The van der Waals surface area contributed by atoms with Crippen molar-refractivity contribution in [2.75, 3.05) is 19.7 Å². The third kappa shape index (κ3) is 4.99. The fourth-order valence-electron chi connectivity index (χ4n) is 1.51. The Bertz CT molecular complexity index is 458. The van der Waals surface area contributed by atoms with Gasteiger partial charge >= 0.3 is 6.09 Å². The largest absolute Gasteiger partial charge is 0.450 e. The number of carbonyl (C=O) groups is 2. The van der Waals surface area contributed by atoms with Crippen molar-refractivity contribution in [3.63, 3.8) is 0 Å². The molecule has 1 aromatic carbocycles. The summed E-state index contributed by atoms with van der Waals surface area (Å²) in [6.45, 7) is 6.75. The monoisotopic (exact) mass is 264 g/mol. The summed E-state index contributed by atoms with van der Waals surface area (Å²) in [4.78, 5) is 22.8. The normalized spacial score (nSPS) is 9.84. The minimum atomic E-state index is -0.470. The fraction of sp³-hybridized carbons (Fsp3) is 0.429. The van der Waals surface area contributed by atoms with Crippen molar-refractivity contribution in [3.8, 4) is 0 Å². The van der Waals surface area contributed by atoms with Gasteiger partial charge in [-0.25, -0.2) is 4.79 Å². The molecule has 0 fully saturated rings. The number of rotatable bonds is 5. The van der Waals surface area contributed by atoms with Crippen molar-refractivity contribution in [3.05, 3.63) is 34.9 Å². The number of alkyl carbamates (subject to hydrolysis) is 1. The molecule has 0 saturated heterocycles. The third-order valence-corrected chi connectivity index (χ3v) is 2.72. The molecule has 19 heavy (non-hydrogen) atoms. The number of amides is 2. The van der Waals surface area contributed by atoms with E-state index in [0.717, 1.165) is 11.1 Å². The molecule has 0 aliphatic rings. The van der Waals surface area contributed by atoms with Crippen molar-refractivity contribution in [2.24, 2.45) is 0 Å². The van der Waals surface area contributed by atoms with E-state index in [4.69, 9.17) is 4.74 Å². The molecule has 0 aromatic heterocycles. The maximum Gasteiger partial charge on any atom is 0.407 e. The summed E-state index contributed by atoms with van der Waals surface area (Å²) >= 11 is 0. The van der Waals surface area contributed by atoms with Gasteiger partial charge in [0, 0.05) is 18.7 Å². The smallest absolute Gasteiger partial charge is 0.407 e. The van der Waals surface area contributed by atoms with E-state index in [2.05, 4.69) is 10.6 Å². The minimum absolute atomic E-state index is 0.145. The molecule has 0 radical (unpaired) electrons. The van der Waals surface area contributed by atoms with Crippen LogP contribution in [0.15, 0.2) is 18.2 Å². The van der Waals surface area contributed by atoms with Crippen LogP contribution in [0.1, 0.15) is 28.4 Å². The van der Waals surface area contributed by atoms with Crippen LogP contribution >= 0.6 is 0 Å². The molecule has 1 rings (SSSR count). The summed E-state index contributed by atoms with van der Waals surface area (Å²) in [5.74, 6) is -0.145. The molecule has 0 bridgehead atoms. The van der Waals surface area contributed by atoms with Gasteiger partial charge in [0.1, 0.15) is 0 Å². The second kappa shape index (κ2) is 7.41. The van der Waals surface area contributed by atoms with Gasteiger partial charge in [-0.2, -0.15) is 0 Å². The first kappa shape index (κ1) is 15.0. The van der Waals surface area contributed by atoms with Gasteiger partial charge in [0.25, 0.3) is 5.91 Å². The summed E-state index contributed by atoms with van der Waals surface area (Å²) in [5.41, 5.74) is 2.86. The summed E-state index contributed by atoms with van der Waals surface area (Å²) in [6, 6.07) is 5.56. The van der Waals surface area contributed by atoms with E-state index in [9.17, 15) is 9.59 Å². The molecule has 1 aromatic rings. The van der Waals surface area contributed by atoms with Gasteiger partial charge in [0.2, 0.25) is 0 Å². The number of aryl methyl sites for hydroxylation is 2. The van der Waals surface area contributed by atoms with Gasteiger partial charge in [0.15, 0.2) is 0 Å². The van der Waals surface area contributed by atoms with Crippen molar-refractivity contribution < 1.29 is 14.3 Å². The molecule has 0 atom stereocenters.